The fourth-order valence-electron chi connectivity index (χ4n) is 1.44. The van der Waals surface area contributed by atoms with Crippen molar-refractivity contribution in [1.29, 1.82) is 0 Å². The van der Waals surface area contributed by atoms with Crippen LogP contribution in [0.1, 0.15) is 32.0 Å². The van der Waals surface area contributed by atoms with Crippen LogP contribution in [0.25, 0.3) is 0 Å². The van der Waals surface area contributed by atoms with E-state index in [1.165, 1.54) is 0 Å². The lowest BCUT2D eigenvalue weighted by molar-refractivity contribution is -0.122. The second-order valence-electron chi connectivity index (χ2n) is 4.24. The van der Waals surface area contributed by atoms with E-state index >= 15 is 0 Å². The quantitative estimate of drug-likeness (QED) is 0.627. The summed E-state index contributed by atoms with van der Waals surface area (Å²) in [6.45, 7) is 6.09. The average molecular weight is 254 g/mol. The lowest BCUT2D eigenvalue weighted by atomic mass is 10.3. The molecule has 0 saturated carbocycles. The van der Waals surface area contributed by atoms with Gasteiger partial charge in [-0.25, -0.2) is 0 Å². The van der Waals surface area contributed by atoms with E-state index in [0.29, 0.717) is 25.7 Å². The van der Waals surface area contributed by atoms with Crippen LogP contribution in [-0.2, 0) is 16.1 Å². The highest BCUT2D eigenvalue weighted by Crippen LogP contribution is 2.08. The summed E-state index contributed by atoms with van der Waals surface area (Å²) in [6.07, 6.45) is 3.06. The summed E-state index contributed by atoms with van der Waals surface area (Å²) in [4.78, 5) is 10.4. The number of rotatable bonds is 9. The molecule has 0 aromatic carbocycles. The van der Waals surface area contributed by atoms with Crippen LogP contribution < -0.4 is 11.1 Å². The maximum absolute atomic E-state index is 10.4. The van der Waals surface area contributed by atoms with Gasteiger partial charge in [-0.1, -0.05) is 6.92 Å². The smallest absolute Gasteiger partial charge is 0.243 e. The van der Waals surface area contributed by atoms with E-state index in [2.05, 4.69) is 24.3 Å². The first-order valence-electron chi connectivity index (χ1n) is 6.24. The van der Waals surface area contributed by atoms with E-state index in [-0.39, 0.29) is 6.61 Å². The highest BCUT2D eigenvalue weighted by molar-refractivity contribution is 5.74. The zero-order chi connectivity index (χ0) is 13.4. The number of hydrogen-bond acceptors (Lipinski definition) is 4. The molecule has 0 aliphatic rings. The van der Waals surface area contributed by atoms with E-state index in [1.54, 1.807) is 0 Å². The molecule has 1 aromatic rings. The molecule has 0 aliphatic carbocycles. The predicted octanol–water partition coefficient (Wildman–Crippen LogP) is 0.446. The fourth-order valence-corrected chi connectivity index (χ4v) is 1.44. The van der Waals surface area contributed by atoms with Gasteiger partial charge in [0.25, 0.3) is 0 Å². The number of ether oxygens (including phenoxy) is 1. The van der Waals surface area contributed by atoms with E-state index in [1.807, 2.05) is 16.9 Å². The van der Waals surface area contributed by atoms with Crippen LogP contribution in [0.3, 0.4) is 0 Å². The van der Waals surface area contributed by atoms with Gasteiger partial charge in [-0.05, 0) is 19.4 Å². The van der Waals surface area contributed by atoms with Crippen LogP contribution in [0, 0.1) is 0 Å². The Morgan fingerprint density at radius 2 is 2.44 bits per heavy atom. The molecule has 6 nitrogen and oxygen atoms in total. The first-order valence-corrected chi connectivity index (χ1v) is 6.24. The molecule has 0 fully saturated rings. The van der Waals surface area contributed by atoms with Gasteiger partial charge in [-0.15, -0.1) is 0 Å². The number of hydrogen-bond donors (Lipinski definition) is 2. The number of amides is 1. The Kier molecular flexibility index (Phi) is 6.38. The van der Waals surface area contributed by atoms with Crippen molar-refractivity contribution in [1.82, 2.24) is 15.1 Å². The second-order valence-corrected chi connectivity index (χ2v) is 4.24. The average Bonchev–Trinajstić information content (AvgIpc) is 2.81. The molecule has 102 valence electrons. The normalized spacial score (nSPS) is 12.6. The topological polar surface area (TPSA) is 82.2 Å². The van der Waals surface area contributed by atoms with Crippen LogP contribution in [0.15, 0.2) is 12.3 Å². The molecular formula is C12H22N4O2. The van der Waals surface area contributed by atoms with Crippen molar-refractivity contribution in [3.8, 4) is 0 Å². The first-order chi connectivity index (χ1) is 8.63. The zero-order valence-electron chi connectivity index (χ0n) is 11.1. The number of carbonyl (C=O) groups is 1. The van der Waals surface area contributed by atoms with Crippen LogP contribution >= 0.6 is 0 Å². The summed E-state index contributed by atoms with van der Waals surface area (Å²) < 4.78 is 7.00. The summed E-state index contributed by atoms with van der Waals surface area (Å²) >= 11 is 0. The minimum absolute atomic E-state index is 0.0235. The molecule has 0 spiro atoms. The third-order valence-corrected chi connectivity index (χ3v) is 2.68. The van der Waals surface area contributed by atoms with Gasteiger partial charge in [0.05, 0.1) is 12.3 Å². The van der Waals surface area contributed by atoms with Gasteiger partial charge in [-0.3, -0.25) is 9.48 Å². The number of carbonyl (C=O) groups excluding carboxylic acids is 1. The van der Waals surface area contributed by atoms with Crippen molar-refractivity contribution < 1.29 is 9.53 Å². The van der Waals surface area contributed by atoms with Gasteiger partial charge < -0.3 is 15.8 Å². The molecule has 0 aliphatic heterocycles. The SMILES string of the molecule is CCC(C)n1ccc(CNCCOCC(N)=O)n1. The highest BCUT2D eigenvalue weighted by atomic mass is 16.5. The van der Waals surface area contributed by atoms with Crippen LogP contribution in [0.5, 0.6) is 0 Å². The molecule has 3 N–H and O–H groups in total. The lowest BCUT2D eigenvalue weighted by Gasteiger charge is -2.08. The van der Waals surface area contributed by atoms with Gasteiger partial charge in [0.15, 0.2) is 0 Å². The molecule has 6 heteroatoms. The Balaban J connectivity index is 2.15. The summed E-state index contributed by atoms with van der Waals surface area (Å²) in [7, 11) is 0. The van der Waals surface area contributed by atoms with Crippen molar-refractivity contribution in [3.05, 3.63) is 18.0 Å². The van der Waals surface area contributed by atoms with Gasteiger partial charge in [0.1, 0.15) is 6.61 Å². The van der Waals surface area contributed by atoms with Crippen LogP contribution in [0.4, 0.5) is 0 Å². The van der Waals surface area contributed by atoms with Crippen molar-refractivity contribution in [2.24, 2.45) is 5.73 Å². The number of nitrogens with one attached hydrogen (secondary N) is 1. The number of aromatic nitrogens is 2. The van der Waals surface area contributed by atoms with Crippen molar-refractivity contribution >= 4 is 5.91 Å². The number of nitrogens with two attached hydrogens (primary N) is 1. The van der Waals surface area contributed by atoms with Crippen molar-refractivity contribution in [2.75, 3.05) is 19.8 Å². The Morgan fingerprint density at radius 3 is 3.11 bits per heavy atom. The van der Waals surface area contributed by atoms with Crippen LogP contribution in [0.2, 0.25) is 0 Å². The Hall–Kier alpha value is -1.40. The molecule has 0 bridgehead atoms. The third-order valence-electron chi connectivity index (χ3n) is 2.68. The summed E-state index contributed by atoms with van der Waals surface area (Å²) in [6, 6.07) is 2.43. The minimum Gasteiger partial charge on any atom is -0.370 e. The van der Waals surface area contributed by atoms with Crippen LogP contribution in [-0.4, -0.2) is 35.4 Å². The van der Waals surface area contributed by atoms with Gasteiger partial charge in [0.2, 0.25) is 5.91 Å². The zero-order valence-corrected chi connectivity index (χ0v) is 11.1. The summed E-state index contributed by atoms with van der Waals surface area (Å²) in [5, 5.41) is 7.66. The molecule has 0 radical (unpaired) electrons. The molecule has 1 unspecified atom stereocenters. The van der Waals surface area contributed by atoms with Crippen molar-refractivity contribution in [2.45, 2.75) is 32.9 Å². The van der Waals surface area contributed by atoms with E-state index in [4.69, 9.17) is 10.5 Å². The predicted molar refractivity (Wildman–Crippen MR) is 68.9 cm³/mol. The summed E-state index contributed by atoms with van der Waals surface area (Å²) in [5.41, 5.74) is 5.95. The Labute approximate surface area is 107 Å². The lowest BCUT2D eigenvalue weighted by Crippen LogP contribution is -2.24. The number of primary amides is 1. The second kappa shape index (κ2) is 7.84. The first kappa shape index (κ1) is 14.7. The molecule has 1 aromatic heterocycles. The molecular weight excluding hydrogens is 232 g/mol. The fraction of sp³-hybridized carbons (Fsp3) is 0.667. The molecule has 0 saturated heterocycles. The minimum atomic E-state index is -0.442. The maximum atomic E-state index is 10.4. The molecule has 1 atom stereocenters. The van der Waals surface area contributed by atoms with Gasteiger partial charge >= 0.3 is 0 Å². The largest absolute Gasteiger partial charge is 0.370 e. The van der Waals surface area contributed by atoms with Gasteiger partial charge in [0, 0.05) is 25.3 Å². The van der Waals surface area contributed by atoms with E-state index in [0.717, 1.165) is 12.1 Å². The Morgan fingerprint density at radius 1 is 1.67 bits per heavy atom. The summed E-state index contributed by atoms with van der Waals surface area (Å²) in [5.74, 6) is -0.442. The van der Waals surface area contributed by atoms with E-state index in [9.17, 15) is 4.79 Å². The van der Waals surface area contributed by atoms with Gasteiger partial charge in [-0.2, -0.15) is 5.10 Å². The highest BCUT2D eigenvalue weighted by Gasteiger charge is 2.03. The monoisotopic (exact) mass is 254 g/mol. The standard InChI is InChI=1S/C12H22N4O2/c1-3-10(2)16-6-4-11(15-16)8-14-5-7-18-9-12(13)17/h4,6,10,14H,3,5,7-9H2,1-2H3,(H2,13,17). The maximum Gasteiger partial charge on any atom is 0.243 e. The molecule has 18 heavy (non-hydrogen) atoms. The van der Waals surface area contributed by atoms with Crippen molar-refractivity contribution in [3.63, 3.8) is 0 Å². The third kappa shape index (κ3) is 5.29. The molecule has 1 amide bonds. The number of nitrogens with zero attached hydrogens (tertiary/aromatic N) is 2. The Bertz CT molecular complexity index is 365. The molecule has 1 heterocycles. The van der Waals surface area contributed by atoms with E-state index < -0.39 is 5.91 Å². The molecule has 1 rings (SSSR count).